The van der Waals surface area contributed by atoms with Gasteiger partial charge in [-0.05, 0) is 41.7 Å². The van der Waals surface area contributed by atoms with Gasteiger partial charge < -0.3 is 5.32 Å². The number of nitrogens with one attached hydrogen (secondary N) is 1. The summed E-state index contributed by atoms with van der Waals surface area (Å²) in [5.41, 5.74) is 1.65. The second kappa shape index (κ2) is 9.65. The third-order valence-corrected chi connectivity index (χ3v) is 6.67. The van der Waals surface area contributed by atoms with E-state index in [1.54, 1.807) is 36.7 Å². The van der Waals surface area contributed by atoms with Gasteiger partial charge in [0.1, 0.15) is 5.25 Å². The summed E-state index contributed by atoms with van der Waals surface area (Å²) in [6, 6.07) is 10.4. The Morgan fingerprint density at radius 1 is 1.11 bits per heavy atom. The zero-order valence-corrected chi connectivity index (χ0v) is 17.0. The Morgan fingerprint density at radius 3 is 2.37 bits per heavy atom. The van der Waals surface area contributed by atoms with Gasteiger partial charge in [-0.15, -0.1) is 0 Å². The Morgan fingerprint density at radius 2 is 1.81 bits per heavy atom. The van der Waals surface area contributed by atoms with Crippen molar-refractivity contribution in [2.75, 3.05) is 6.54 Å². The Hall–Kier alpha value is -2.21. The maximum Gasteiger partial charge on any atom is 0.220 e. The molecule has 0 aliphatic heterocycles. The summed E-state index contributed by atoms with van der Waals surface area (Å²) in [5.74, 6) is 0.199. The number of unbranched alkanes of at least 4 members (excludes halogenated alkanes) is 1. The standard InChI is InChI=1S/C21H28N2O3S/c1-4-5-8-21(24)23-15-20(18-7-6-13-22-14-18)27(25,26)19-11-9-17(10-12-19)16(2)3/h6-7,9-14,16,20H,4-5,8,15H2,1-3H3,(H,23,24). The predicted octanol–water partition coefficient (Wildman–Crippen LogP) is 4.03. The third kappa shape index (κ3) is 5.63. The van der Waals surface area contributed by atoms with Gasteiger partial charge in [0.25, 0.3) is 0 Å². The number of carbonyl (C=O) groups is 1. The van der Waals surface area contributed by atoms with Crippen LogP contribution in [0.25, 0.3) is 0 Å². The van der Waals surface area contributed by atoms with Crippen molar-refractivity contribution in [2.45, 2.75) is 56.1 Å². The number of nitrogens with zero attached hydrogens (tertiary/aromatic N) is 1. The summed E-state index contributed by atoms with van der Waals surface area (Å²) in [6.07, 6.45) is 5.25. The summed E-state index contributed by atoms with van der Waals surface area (Å²) in [5, 5.41) is 1.90. The molecule has 1 aromatic heterocycles. The highest BCUT2D eigenvalue weighted by Crippen LogP contribution is 2.29. The summed E-state index contributed by atoms with van der Waals surface area (Å²) in [7, 11) is -3.67. The van der Waals surface area contributed by atoms with Crippen molar-refractivity contribution < 1.29 is 13.2 Å². The van der Waals surface area contributed by atoms with Crippen LogP contribution in [0.2, 0.25) is 0 Å². The molecule has 0 bridgehead atoms. The molecule has 1 amide bonds. The zero-order valence-electron chi connectivity index (χ0n) is 16.2. The molecule has 146 valence electrons. The van der Waals surface area contributed by atoms with Gasteiger partial charge in [-0.2, -0.15) is 0 Å². The van der Waals surface area contributed by atoms with Crippen LogP contribution in [0, 0.1) is 0 Å². The van der Waals surface area contributed by atoms with E-state index in [0.717, 1.165) is 18.4 Å². The van der Waals surface area contributed by atoms with Crippen molar-refractivity contribution in [1.29, 1.82) is 0 Å². The van der Waals surface area contributed by atoms with Crippen LogP contribution in [0.4, 0.5) is 0 Å². The van der Waals surface area contributed by atoms with Crippen LogP contribution >= 0.6 is 0 Å². The number of aromatic nitrogens is 1. The average Bonchev–Trinajstić information content (AvgIpc) is 2.67. The van der Waals surface area contributed by atoms with Crippen LogP contribution in [0.15, 0.2) is 53.7 Å². The number of hydrogen-bond donors (Lipinski definition) is 1. The first-order valence-corrected chi connectivity index (χ1v) is 10.9. The van der Waals surface area contributed by atoms with E-state index in [9.17, 15) is 13.2 Å². The Labute approximate surface area is 162 Å². The van der Waals surface area contributed by atoms with Crippen molar-refractivity contribution >= 4 is 15.7 Å². The minimum atomic E-state index is -3.67. The fraction of sp³-hybridized carbons (Fsp3) is 0.429. The molecule has 0 fully saturated rings. The van der Waals surface area contributed by atoms with Gasteiger partial charge in [-0.25, -0.2) is 8.42 Å². The van der Waals surface area contributed by atoms with Crippen LogP contribution in [0.5, 0.6) is 0 Å². The molecule has 2 rings (SSSR count). The minimum absolute atomic E-state index is 0.0303. The highest BCUT2D eigenvalue weighted by Gasteiger charge is 2.29. The van der Waals surface area contributed by atoms with Gasteiger partial charge in [-0.1, -0.05) is 45.4 Å². The van der Waals surface area contributed by atoms with Gasteiger partial charge >= 0.3 is 0 Å². The van der Waals surface area contributed by atoms with E-state index in [4.69, 9.17) is 0 Å². The summed E-state index contributed by atoms with van der Waals surface area (Å²) < 4.78 is 26.5. The Kier molecular flexibility index (Phi) is 7.54. The first kappa shape index (κ1) is 21.1. The molecule has 5 nitrogen and oxygen atoms in total. The molecule has 6 heteroatoms. The number of rotatable bonds is 9. The van der Waals surface area contributed by atoms with E-state index < -0.39 is 15.1 Å². The highest BCUT2D eigenvalue weighted by molar-refractivity contribution is 7.91. The van der Waals surface area contributed by atoms with E-state index in [-0.39, 0.29) is 17.3 Å². The van der Waals surface area contributed by atoms with Gasteiger partial charge in [0.2, 0.25) is 5.91 Å². The maximum atomic E-state index is 13.3. The predicted molar refractivity (Wildman–Crippen MR) is 107 cm³/mol. The quantitative estimate of drug-likeness (QED) is 0.704. The van der Waals surface area contributed by atoms with Crippen LogP contribution in [0.3, 0.4) is 0 Å². The summed E-state index contributed by atoms with van der Waals surface area (Å²) >= 11 is 0. The van der Waals surface area contributed by atoms with E-state index in [0.29, 0.717) is 17.9 Å². The van der Waals surface area contributed by atoms with Crippen molar-refractivity contribution in [1.82, 2.24) is 10.3 Å². The normalized spacial score (nSPS) is 12.7. The maximum absolute atomic E-state index is 13.3. The van der Waals surface area contributed by atoms with Gasteiger partial charge in [0, 0.05) is 25.4 Å². The fourth-order valence-corrected chi connectivity index (χ4v) is 4.46. The lowest BCUT2D eigenvalue weighted by Gasteiger charge is -2.19. The molecule has 27 heavy (non-hydrogen) atoms. The van der Waals surface area contributed by atoms with Crippen LogP contribution in [0.1, 0.15) is 62.3 Å². The third-order valence-electron chi connectivity index (χ3n) is 4.55. The Balaban J connectivity index is 2.29. The first-order valence-electron chi connectivity index (χ1n) is 9.36. The van der Waals surface area contributed by atoms with Gasteiger partial charge in [-0.3, -0.25) is 9.78 Å². The number of amides is 1. The van der Waals surface area contributed by atoms with Crippen LogP contribution in [-0.4, -0.2) is 25.9 Å². The molecule has 1 unspecified atom stereocenters. The molecule has 2 aromatic rings. The molecule has 0 aliphatic rings. The minimum Gasteiger partial charge on any atom is -0.354 e. The molecule has 0 radical (unpaired) electrons. The molecular formula is C21H28N2O3S. The monoisotopic (exact) mass is 388 g/mol. The van der Waals surface area contributed by atoms with E-state index in [2.05, 4.69) is 24.1 Å². The topological polar surface area (TPSA) is 76.1 Å². The van der Waals surface area contributed by atoms with Gasteiger partial charge in [0.05, 0.1) is 4.90 Å². The number of benzene rings is 1. The van der Waals surface area contributed by atoms with Gasteiger partial charge in [0.15, 0.2) is 9.84 Å². The number of sulfone groups is 1. The van der Waals surface area contributed by atoms with Crippen molar-refractivity contribution in [3.05, 3.63) is 59.9 Å². The Bertz CT molecular complexity index is 831. The molecule has 0 aliphatic carbocycles. The zero-order chi connectivity index (χ0) is 19.9. The largest absolute Gasteiger partial charge is 0.354 e. The molecule has 1 N–H and O–H groups in total. The van der Waals surface area contributed by atoms with Crippen molar-refractivity contribution in [2.24, 2.45) is 0 Å². The molecule has 1 aromatic carbocycles. The number of pyridine rings is 1. The lowest BCUT2D eigenvalue weighted by atomic mass is 10.0. The van der Waals surface area contributed by atoms with Crippen LogP contribution in [-0.2, 0) is 14.6 Å². The molecule has 0 saturated heterocycles. The molecule has 0 spiro atoms. The van der Waals surface area contributed by atoms with E-state index >= 15 is 0 Å². The second-order valence-electron chi connectivity index (χ2n) is 6.95. The van der Waals surface area contributed by atoms with Crippen molar-refractivity contribution in [3.63, 3.8) is 0 Å². The van der Waals surface area contributed by atoms with Crippen molar-refractivity contribution in [3.8, 4) is 0 Å². The second-order valence-corrected chi connectivity index (χ2v) is 9.08. The smallest absolute Gasteiger partial charge is 0.220 e. The number of hydrogen-bond acceptors (Lipinski definition) is 4. The average molecular weight is 389 g/mol. The summed E-state index contributed by atoms with van der Waals surface area (Å²) in [6.45, 7) is 6.17. The fourth-order valence-electron chi connectivity index (χ4n) is 2.81. The highest BCUT2D eigenvalue weighted by atomic mass is 32.2. The lowest BCUT2D eigenvalue weighted by Crippen LogP contribution is -2.31. The lowest BCUT2D eigenvalue weighted by molar-refractivity contribution is -0.121. The molecular weight excluding hydrogens is 360 g/mol. The molecule has 0 saturated carbocycles. The first-order chi connectivity index (χ1) is 12.9. The van der Waals surface area contributed by atoms with Crippen LogP contribution < -0.4 is 5.32 Å². The molecule has 1 heterocycles. The van der Waals surface area contributed by atoms with E-state index in [1.807, 2.05) is 19.1 Å². The number of carbonyl (C=O) groups excluding carboxylic acids is 1. The summed E-state index contributed by atoms with van der Waals surface area (Å²) in [4.78, 5) is 16.3. The van der Waals surface area contributed by atoms with E-state index in [1.165, 1.54) is 0 Å². The molecule has 1 atom stereocenters. The SMILES string of the molecule is CCCCC(=O)NCC(c1cccnc1)S(=O)(=O)c1ccc(C(C)C)cc1.